The number of aryl methyl sites for hydroxylation is 1. The third kappa shape index (κ3) is 4.33. The lowest BCUT2D eigenvalue weighted by atomic mass is 10.2. The first kappa shape index (κ1) is 13.8. The highest BCUT2D eigenvalue weighted by atomic mass is 79.9. The minimum atomic E-state index is -4.13. The van der Waals surface area contributed by atoms with E-state index >= 15 is 0 Å². The smallest absolute Gasteiger partial charge is 0.383 e. The highest BCUT2D eigenvalue weighted by molar-refractivity contribution is 9.11. The van der Waals surface area contributed by atoms with Gasteiger partial charge in [0, 0.05) is 15.5 Å². The number of benzene rings is 1. The van der Waals surface area contributed by atoms with Gasteiger partial charge in [-0.15, -0.1) is 0 Å². The summed E-state index contributed by atoms with van der Waals surface area (Å²) in [5.74, 6) is 0. The van der Waals surface area contributed by atoms with Crippen molar-refractivity contribution in [1.29, 1.82) is 0 Å². The van der Waals surface area contributed by atoms with Gasteiger partial charge in [-0.3, -0.25) is 0 Å². The summed E-state index contributed by atoms with van der Waals surface area (Å²) < 4.78 is 37.4. The molecule has 1 rings (SSSR count). The maximum absolute atomic E-state index is 12.0. The van der Waals surface area contributed by atoms with Crippen molar-refractivity contribution in [2.24, 2.45) is 0 Å². The summed E-state index contributed by atoms with van der Waals surface area (Å²) >= 11 is 6.61. The monoisotopic (exact) mass is 359 g/mol. The first-order valence-corrected chi connectivity index (χ1v) is 6.14. The Balaban J connectivity index is 2.68. The second-order valence-electron chi connectivity index (χ2n) is 3.40. The maximum Gasteiger partial charge on any atom is 0.390 e. The van der Waals surface area contributed by atoms with Gasteiger partial charge >= 0.3 is 6.18 Å². The highest BCUT2D eigenvalue weighted by Gasteiger charge is 2.26. The van der Waals surface area contributed by atoms with E-state index in [1.54, 1.807) is 0 Å². The van der Waals surface area contributed by atoms with Crippen LogP contribution < -0.4 is 5.32 Å². The Morgan fingerprint density at radius 1 is 1.19 bits per heavy atom. The lowest BCUT2D eigenvalue weighted by Crippen LogP contribution is -2.15. The summed E-state index contributed by atoms with van der Waals surface area (Å²) in [6, 6.07) is 3.70. The molecule has 1 nitrogen and oxygen atoms in total. The van der Waals surface area contributed by atoms with Gasteiger partial charge in [0.15, 0.2) is 0 Å². The van der Waals surface area contributed by atoms with Gasteiger partial charge in [-0.1, -0.05) is 0 Å². The van der Waals surface area contributed by atoms with Crippen molar-refractivity contribution in [3.05, 3.63) is 26.6 Å². The Morgan fingerprint density at radius 2 is 1.69 bits per heavy atom. The number of nitrogens with one attached hydrogen (secondary N) is 1. The summed E-state index contributed by atoms with van der Waals surface area (Å²) in [7, 11) is 0. The van der Waals surface area contributed by atoms with Gasteiger partial charge in [-0.25, -0.2) is 0 Å². The zero-order valence-corrected chi connectivity index (χ0v) is 11.6. The topological polar surface area (TPSA) is 12.0 Å². The zero-order valence-electron chi connectivity index (χ0n) is 8.46. The van der Waals surface area contributed by atoms with Crippen LogP contribution in [-0.4, -0.2) is 12.7 Å². The molecule has 6 heteroatoms. The normalized spacial score (nSPS) is 11.6. The Kier molecular flexibility index (Phi) is 4.67. The molecular formula is C10H10Br2F3N. The lowest BCUT2D eigenvalue weighted by molar-refractivity contribution is -0.131. The van der Waals surface area contributed by atoms with Crippen LogP contribution in [0.5, 0.6) is 0 Å². The van der Waals surface area contributed by atoms with Gasteiger partial charge in [-0.05, 0) is 56.5 Å². The molecular weight excluding hydrogens is 351 g/mol. The standard InChI is InChI=1S/C10H10Br2F3N/c1-6-4-7(11)9(8(12)5-6)16-3-2-10(13,14)15/h4-5,16H,2-3H2,1H3. The van der Waals surface area contributed by atoms with Crippen molar-refractivity contribution in [2.45, 2.75) is 19.5 Å². The number of rotatable bonds is 3. The van der Waals surface area contributed by atoms with Crippen LogP contribution in [0.3, 0.4) is 0 Å². The molecule has 1 aromatic rings. The van der Waals surface area contributed by atoms with Gasteiger partial charge < -0.3 is 5.32 Å². The average Bonchev–Trinajstić information content (AvgIpc) is 2.07. The Hall–Kier alpha value is -0.230. The Labute approximate surface area is 109 Å². The molecule has 0 heterocycles. The molecule has 0 atom stereocenters. The van der Waals surface area contributed by atoms with Crippen LogP contribution in [0, 0.1) is 6.92 Å². The molecule has 0 fully saturated rings. The van der Waals surface area contributed by atoms with Crippen molar-refractivity contribution in [1.82, 2.24) is 0 Å². The van der Waals surface area contributed by atoms with Crippen molar-refractivity contribution in [3.8, 4) is 0 Å². The molecule has 0 unspecified atom stereocenters. The summed E-state index contributed by atoms with van der Waals surface area (Å²) in [5, 5.41) is 2.75. The Bertz CT molecular complexity index is 354. The molecule has 1 N–H and O–H groups in total. The Morgan fingerprint density at radius 3 is 2.12 bits per heavy atom. The van der Waals surface area contributed by atoms with Crippen molar-refractivity contribution in [2.75, 3.05) is 11.9 Å². The molecule has 16 heavy (non-hydrogen) atoms. The molecule has 0 aliphatic heterocycles. The third-order valence-electron chi connectivity index (χ3n) is 1.90. The van der Waals surface area contributed by atoms with Crippen LogP contribution in [0.4, 0.5) is 18.9 Å². The fourth-order valence-electron chi connectivity index (χ4n) is 1.20. The molecule has 0 aliphatic carbocycles. The van der Waals surface area contributed by atoms with E-state index in [0.717, 1.165) is 14.5 Å². The maximum atomic E-state index is 12.0. The van der Waals surface area contributed by atoms with Gasteiger partial charge in [0.2, 0.25) is 0 Å². The second-order valence-corrected chi connectivity index (χ2v) is 5.10. The van der Waals surface area contributed by atoms with E-state index in [1.807, 2.05) is 19.1 Å². The number of halogens is 5. The van der Waals surface area contributed by atoms with E-state index in [1.165, 1.54) is 0 Å². The quantitative estimate of drug-likeness (QED) is 0.809. The van der Waals surface area contributed by atoms with E-state index in [2.05, 4.69) is 37.2 Å². The fourth-order valence-corrected chi connectivity index (χ4v) is 2.89. The van der Waals surface area contributed by atoms with Crippen LogP contribution in [-0.2, 0) is 0 Å². The molecule has 0 aromatic heterocycles. The second kappa shape index (κ2) is 5.40. The number of hydrogen-bond donors (Lipinski definition) is 1. The molecule has 0 amide bonds. The van der Waals surface area contributed by atoms with E-state index < -0.39 is 12.6 Å². The van der Waals surface area contributed by atoms with Crippen molar-refractivity contribution >= 4 is 37.5 Å². The summed E-state index contributed by atoms with van der Waals surface area (Å²) in [5.41, 5.74) is 1.68. The van der Waals surface area contributed by atoms with E-state index in [0.29, 0.717) is 5.69 Å². The minimum Gasteiger partial charge on any atom is -0.383 e. The predicted octanol–water partition coefficient (Wildman–Crippen LogP) is 4.88. The molecule has 1 aromatic carbocycles. The largest absolute Gasteiger partial charge is 0.390 e. The van der Waals surface area contributed by atoms with Crippen LogP contribution in [0.2, 0.25) is 0 Å². The van der Waals surface area contributed by atoms with Gasteiger partial charge in [0.1, 0.15) is 0 Å². The van der Waals surface area contributed by atoms with Crippen LogP contribution in [0.25, 0.3) is 0 Å². The highest BCUT2D eigenvalue weighted by Crippen LogP contribution is 2.32. The molecule has 0 bridgehead atoms. The number of anilines is 1. The SMILES string of the molecule is Cc1cc(Br)c(NCCC(F)(F)F)c(Br)c1. The molecule has 0 aliphatic rings. The predicted molar refractivity (Wildman–Crippen MR) is 65.7 cm³/mol. The van der Waals surface area contributed by atoms with Gasteiger partial charge in [0.25, 0.3) is 0 Å². The van der Waals surface area contributed by atoms with Crippen LogP contribution >= 0.6 is 31.9 Å². The molecule has 0 saturated carbocycles. The first-order valence-electron chi connectivity index (χ1n) is 4.56. The third-order valence-corrected chi connectivity index (χ3v) is 3.15. The van der Waals surface area contributed by atoms with Crippen LogP contribution in [0.15, 0.2) is 21.1 Å². The van der Waals surface area contributed by atoms with Crippen molar-refractivity contribution in [3.63, 3.8) is 0 Å². The fraction of sp³-hybridized carbons (Fsp3) is 0.400. The van der Waals surface area contributed by atoms with Crippen molar-refractivity contribution < 1.29 is 13.2 Å². The summed E-state index contributed by atoms with van der Waals surface area (Å²) in [4.78, 5) is 0. The van der Waals surface area contributed by atoms with Crippen LogP contribution in [0.1, 0.15) is 12.0 Å². The number of alkyl halides is 3. The summed E-state index contributed by atoms with van der Waals surface area (Å²) in [6.07, 6.45) is -4.98. The van der Waals surface area contributed by atoms with Gasteiger partial charge in [-0.2, -0.15) is 13.2 Å². The molecule has 0 saturated heterocycles. The van der Waals surface area contributed by atoms with Gasteiger partial charge in [0.05, 0.1) is 12.1 Å². The summed E-state index contributed by atoms with van der Waals surface area (Å²) in [6.45, 7) is 1.78. The molecule has 0 radical (unpaired) electrons. The average molecular weight is 361 g/mol. The number of hydrogen-bond acceptors (Lipinski definition) is 1. The lowest BCUT2D eigenvalue weighted by Gasteiger charge is -2.12. The van der Waals surface area contributed by atoms with E-state index in [-0.39, 0.29) is 6.54 Å². The molecule has 90 valence electrons. The van der Waals surface area contributed by atoms with E-state index in [9.17, 15) is 13.2 Å². The first-order chi connectivity index (χ1) is 7.29. The molecule has 0 spiro atoms. The zero-order chi connectivity index (χ0) is 12.3. The minimum absolute atomic E-state index is 0.135. The van der Waals surface area contributed by atoms with E-state index in [4.69, 9.17) is 0 Å².